The van der Waals surface area contributed by atoms with Crippen molar-refractivity contribution in [3.63, 3.8) is 0 Å². The van der Waals surface area contributed by atoms with Crippen LogP contribution in [0, 0.1) is 11.8 Å². The fourth-order valence-electron chi connectivity index (χ4n) is 3.10. The summed E-state index contributed by atoms with van der Waals surface area (Å²) in [7, 11) is -3.64. The lowest BCUT2D eigenvalue weighted by Crippen LogP contribution is -2.30. The summed E-state index contributed by atoms with van der Waals surface area (Å²) in [6, 6.07) is 13.8. The number of benzene rings is 2. The van der Waals surface area contributed by atoms with Crippen molar-refractivity contribution in [3.8, 4) is 11.5 Å². The van der Waals surface area contributed by atoms with Crippen LogP contribution in [0.3, 0.4) is 0 Å². The highest BCUT2D eigenvalue weighted by molar-refractivity contribution is 7.89. The molecule has 0 aromatic heterocycles. The maximum atomic E-state index is 12.9. The quantitative estimate of drug-likeness (QED) is 0.721. The number of nitrogens with zero attached hydrogens (tertiary/aromatic N) is 1. The van der Waals surface area contributed by atoms with Gasteiger partial charge < -0.3 is 10.1 Å². The van der Waals surface area contributed by atoms with E-state index >= 15 is 0 Å². The second kappa shape index (κ2) is 8.32. The van der Waals surface area contributed by atoms with Crippen LogP contribution in [0.1, 0.15) is 27.2 Å². The van der Waals surface area contributed by atoms with Gasteiger partial charge in [-0.3, -0.25) is 4.79 Å². The summed E-state index contributed by atoms with van der Waals surface area (Å²) < 4.78 is 33.0. The molecule has 150 valence electrons. The lowest BCUT2D eigenvalue weighted by Gasteiger charge is -2.20. The van der Waals surface area contributed by atoms with E-state index in [1.165, 1.54) is 16.4 Å². The van der Waals surface area contributed by atoms with Gasteiger partial charge in [-0.1, -0.05) is 39.0 Å². The number of carbonyl (C=O) groups is 1. The predicted octanol–water partition coefficient (Wildman–Crippen LogP) is 4.10. The van der Waals surface area contributed by atoms with Crippen LogP contribution in [0.2, 0.25) is 0 Å². The van der Waals surface area contributed by atoms with Gasteiger partial charge in [0.05, 0.1) is 10.6 Å². The molecule has 6 nitrogen and oxygen atoms in total. The average Bonchev–Trinajstić information content (AvgIpc) is 3.41. The molecule has 1 aliphatic rings. The van der Waals surface area contributed by atoms with Crippen LogP contribution < -0.4 is 10.1 Å². The van der Waals surface area contributed by atoms with E-state index in [1.54, 1.807) is 32.0 Å². The zero-order valence-corrected chi connectivity index (χ0v) is 17.2. The largest absolute Gasteiger partial charge is 0.455 e. The third-order valence-corrected chi connectivity index (χ3v) is 7.02. The van der Waals surface area contributed by atoms with E-state index in [2.05, 4.69) is 5.32 Å². The molecule has 1 saturated carbocycles. The number of carbonyl (C=O) groups excluding carboxylic acids is 1. The average molecular weight is 403 g/mol. The van der Waals surface area contributed by atoms with E-state index < -0.39 is 10.0 Å². The van der Waals surface area contributed by atoms with E-state index in [4.69, 9.17) is 4.74 Å². The van der Waals surface area contributed by atoms with Crippen LogP contribution in [-0.4, -0.2) is 31.7 Å². The molecule has 2 aromatic rings. The molecule has 0 aliphatic heterocycles. The molecule has 0 spiro atoms. The summed E-state index contributed by atoms with van der Waals surface area (Å²) >= 11 is 0. The van der Waals surface area contributed by atoms with Gasteiger partial charge in [0.1, 0.15) is 5.75 Å². The van der Waals surface area contributed by atoms with Crippen molar-refractivity contribution < 1.29 is 17.9 Å². The first kappa shape index (κ1) is 20.4. The van der Waals surface area contributed by atoms with Gasteiger partial charge in [-0.2, -0.15) is 4.31 Å². The highest BCUT2D eigenvalue weighted by Gasteiger charge is 2.39. The maximum Gasteiger partial charge on any atom is 0.243 e. The van der Waals surface area contributed by atoms with Crippen LogP contribution in [0.5, 0.6) is 11.5 Å². The van der Waals surface area contributed by atoms with E-state index in [9.17, 15) is 13.2 Å². The van der Waals surface area contributed by atoms with Gasteiger partial charge in [0, 0.05) is 19.0 Å². The smallest absolute Gasteiger partial charge is 0.243 e. The Hall–Kier alpha value is -2.38. The molecule has 1 amide bonds. The van der Waals surface area contributed by atoms with Crippen LogP contribution in [0.4, 0.5) is 5.69 Å². The predicted molar refractivity (Wildman–Crippen MR) is 109 cm³/mol. The van der Waals surface area contributed by atoms with Crippen molar-refractivity contribution in [3.05, 3.63) is 48.5 Å². The molecule has 1 fully saturated rings. The second-order valence-corrected chi connectivity index (χ2v) is 8.91. The summed E-state index contributed by atoms with van der Waals surface area (Å²) in [5.41, 5.74) is 0.362. The van der Waals surface area contributed by atoms with Gasteiger partial charge in [-0.25, -0.2) is 8.42 Å². The van der Waals surface area contributed by atoms with Crippen LogP contribution in [0.25, 0.3) is 0 Å². The minimum Gasteiger partial charge on any atom is -0.455 e. The topological polar surface area (TPSA) is 75.7 Å². The van der Waals surface area contributed by atoms with Crippen molar-refractivity contribution in [1.29, 1.82) is 0 Å². The SMILES string of the molecule is CCN(CC)S(=O)(=O)c1ccc(Oc2ccccc2)c(NC(=O)[C@@H]2C[C@H]2C)c1. The molecule has 7 heteroatoms. The van der Waals surface area contributed by atoms with Gasteiger partial charge >= 0.3 is 0 Å². The van der Waals surface area contributed by atoms with Crippen LogP contribution in [0.15, 0.2) is 53.4 Å². The molecular formula is C21H26N2O4S. The van der Waals surface area contributed by atoms with Gasteiger partial charge in [-0.15, -0.1) is 0 Å². The van der Waals surface area contributed by atoms with E-state index in [1.807, 2.05) is 25.1 Å². The van der Waals surface area contributed by atoms with Gasteiger partial charge in [0.2, 0.25) is 15.9 Å². The molecule has 0 bridgehead atoms. The number of anilines is 1. The number of hydrogen-bond donors (Lipinski definition) is 1. The Labute approximate surface area is 166 Å². The zero-order chi connectivity index (χ0) is 20.3. The fourth-order valence-corrected chi connectivity index (χ4v) is 4.58. The lowest BCUT2D eigenvalue weighted by molar-refractivity contribution is -0.117. The number of para-hydroxylation sites is 1. The van der Waals surface area contributed by atoms with E-state index in [0.717, 1.165) is 6.42 Å². The van der Waals surface area contributed by atoms with Crippen molar-refractivity contribution in [1.82, 2.24) is 4.31 Å². The Morgan fingerprint density at radius 1 is 1.14 bits per heavy atom. The number of rotatable bonds is 8. The normalized spacial score (nSPS) is 18.7. The first-order valence-electron chi connectivity index (χ1n) is 9.54. The second-order valence-electron chi connectivity index (χ2n) is 6.97. The third-order valence-electron chi connectivity index (χ3n) is 4.97. The van der Waals surface area contributed by atoms with Gasteiger partial charge in [0.25, 0.3) is 0 Å². The molecule has 1 N–H and O–H groups in total. The first-order chi connectivity index (χ1) is 13.4. The Morgan fingerprint density at radius 2 is 1.79 bits per heavy atom. The molecule has 0 radical (unpaired) electrons. The van der Waals surface area contributed by atoms with Crippen LogP contribution in [-0.2, 0) is 14.8 Å². The maximum absolute atomic E-state index is 12.9. The number of nitrogens with one attached hydrogen (secondary N) is 1. The highest BCUT2D eigenvalue weighted by atomic mass is 32.2. The summed E-state index contributed by atoms with van der Waals surface area (Å²) in [6.07, 6.45) is 0.845. The number of ether oxygens (including phenoxy) is 1. The summed E-state index contributed by atoms with van der Waals surface area (Å²) in [4.78, 5) is 12.6. The van der Waals surface area contributed by atoms with Crippen LogP contribution >= 0.6 is 0 Å². The summed E-state index contributed by atoms with van der Waals surface area (Å²) in [5.74, 6) is 1.22. The Balaban J connectivity index is 1.96. The summed E-state index contributed by atoms with van der Waals surface area (Å²) in [6.45, 7) is 6.37. The third kappa shape index (κ3) is 4.36. The molecule has 2 aromatic carbocycles. The Bertz CT molecular complexity index is 940. The molecule has 0 saturated heterocycles. The lowest BCUT2D eigenvalue weighted by atomic mass is 10.2. The van der Waals surface area contributed by atoms with Crippen molar-refractivity contribution >= 4 is 21.6 Å². The summed E-state index contributed by atoms with van der Waals surface area (Å²) in [5, 5.41) is 2.86. The number of sulfonamides is 1. The van der Waals surface area contributed by atoms with Crippen molar-refractivity contribution in [2.24, 2.45) is 11.8 Å². The monoisotopic (exact) mass is 402 g/mol. The van der Waals surface area contributed by atoms with Gasteiger partial charge in [0.15, 0.2) is 5.75 Å². The Kier molecular flexibility index (Phi) is 6.05. The molecular weight excluding hydrogens is 376 g/mol. The zero-order valence-electron chi connectivity index (χ0n) is 16.4. The fraction of sp³-hybridized carbons (Fsp3) is 0.381. The first-order valence-corrected chi connectivity index (χ1v) is 11.0. The van der Waals surface area contributed by atoms with Crippen molar-refractivity contribution in [2.45, 2.75) is 32.1 Å². The Morgan fingerprint density at radius 3 is 2.36 bits per heavy atom. The van der Waals surface area contributed by atoms with E-state index in [-0.39, 0.29) is 16.7 Å². The molecule has 28 heavy (non-hydrogen) atoms. The van der Waals surface area contributed by atoms with Gasteiger partial charge in [-0.05, 0) is 42.7 Å². The molecule has 0 heterocycles. The molecule has 0 unspecified atom stereocenters. The molecule has 2 atom stereocenters. The molecule has 1 aliphatic carbocycles. The number of amides is 1. The minimum absolute atomic E-state index is 0.0346. The van der Waals surface area contributed by atoms with E-state index in [0.29, 0.717) is 36.2 Å². The highest BCUT2D eigenvalue weighted by Crippen LogP contribution is 2.40. The standard InChI is InChI=1S/C21H26N2O4S/c1-4-23(5-2)28(25,26)17-11-12-20(27-16-9-7-6-8-10-16)19(14-17)22-21(24)18-13-15(18)3/h6-12,14-15,18H,4-5,13H2,1-3H3,(H,22,24)/t15-,18-/m1/s1. The minimum atomic E-state index is -3.64. The molecule has 3 rings (SSSR count). The number of hydrogen-bond acceptors (Lipinski definition) is 4. The van der Waals surface area contributed by atoms with Crippen molar-refractivity contribution in [2.75, 3.05) is 18.4 Å².